The van der Waals surface area contributed by atoms with E-state index in [1.165, 1.54) is 4.80 Å². The number of fused-ring (bicyclic) bond motifs is 1. The van der Waals surface area contributed by atoms with Crippen molar-refractivity contribution >= 4 is 34.7 Å². The van der Waals surface area contributed by atoms with Gasteiger partial charge in [-0.15, -0.1) is 10.2 Å². The molecule has 4 atom stereocenters. The Morgan fingerprint density at radius 1 is 0.868 bits per heavy atom. The smallest absolute Gasteiger partial charge is 0.226 e. The van der Waals surface area contributed by atoms with Crippen LogP contribution in [0.5, 0.6) is 0 Å². The first-order valence-electron chi connectivity index (χ1n) is 17.8. The second kappa shape index (κ2) is 15.4. The van der Waals surface area contributed by atoms with Gasteiger partial charge >= 0.3 is 0 Å². The van der Waals surface area contributed by atoms with Crippen molar-refractivity contribution in [3.05, 3.63) is 60.9 Å². The zero-order valence-electron chi connectivity index (χ0n) is 29.0. The van der Waals surface area contributed by atoms with Crippen LogP contribution in [0.4, 0.5) is 23.5 Å². The number of aromatic nitrogens is 14. The van der Waals surface area contributed by atoms with E-state index in [0.29, 0.717) is 54.9 Å². The molecule has 8 rings (SSSR count). The van der Waals surface area contributed by atoms with Gasteiger partial charge in [0, 0.05) is 68.0 Å². The second-order valence-electron chi connectivity index (χ2n) is 13.1. The standard InChI is InChI=1S/C32H42N18O3/c1-2-50-47-28(46-48-50)26-24(51)25(52)30(53-26)49-17-40-23-27(44-32(45-29(23)49)37-11-8-21-14-34-16-39-21)42-19-5-3-18(4-6-19)41-22-9-12-36-31(43-22)35-10-7-20-13-33-15-38-20/h9,12-19,24-26,30,51-52H,2-8,10-11H2,1H3,(H,33,38)(H,34,39)(H2,35,36,41,43)(H2,37,42,44,45)/t18?,19?,24-,25+,26-,30+/m0/s1. The van der Waals surface area contributed by atoms with E-state index in [9.17, 15) is 10.2 Å². The number of aromatic amines is 2. The quantitative estimate of drug-likeness (QED) is 0.0739. The number of anilines is 4. The predicted octanol–water partition coefficient (Wildman–Crippen LogP) is 1.21. The Morgan fingerprint density at radius 2 is 1.58 bits per heavy atom. The lowest BCUT2D eigenvalue weighted by Gasteiger charge is -2.30. The number of rotatable bonds is 15. The third-order valence-electron chi connectivity index (χ3n) is 9.48. The van der Waals surface area contributed by atoms with Gasteiger partial charge in [0.25, 0.3) is 0 Å². The van der Waals surface area contributed by atoms with Crippen molar-refractivity contribution in [2.75, 3.05) is 34.4 Å². The maximum absolute atomic E-state index is 11.1. The van der Waals surface area contributed by atoms with E-state index in [-0.39, 0.29) is 17.9 Å². The molecule has 2 fully saturated rings. The molecule has 0 spiro atoms. The van der Waals surface area contributed by atoms with Crippen LogP contribution in [0.15, 0.2) is 43.6 Å². The third kappa shape index (κ3) is 7.71. The highest BCUT2D eigenvalue weighted by Gasteiger charge is 2.47. The SMILES string of the molecule is CCn1nnc([C@H]2O[C@@H](n3cnc4c(NC5CCC(Nc6ccnc(NCCc7cnc[nH]7)n6)CC5)nc(NCCc5cnc[nH]5)nc43)[C@H](O)[C@@H]2O)n1. The summed E-state index contributed by atoms with van der Waals surface area (Å²) >= 11 is 0. The Morgan fingerprint density at radius 3 is 2.26 bits per heavy atom. The van der Waals surface area contributed by atoms with Gasteiger partial charge in [-0.1, -0.05) is 0 Å². The van der Waals surface area contributed by atoms with Crippen LogP contribution in [-0.4, -0.2) is 117 Å². The number of imidazole rings is 3. The highest BCUT2D eigenvalue weighted by atomic mass is 16.6. The van der Waals surface area contributed by atoms with Gasteiger partial charge in [0.05, 0.1) is 25.5 Å². The molecule has 0 aromatic carbocycles. The Labute approximate surface area is 302 Å². The zero-order valence-corrected chi connectivity index (χ0v) is 29.0. The van der Waals surface area contributed by atoms with Crippen molar-refractivity contribution in [2.24, 2.45) is 0 Å². The molecule has 53 heavy (non-hydrogen) atoms. The number of tetrazole rings is 1. The molecule has 21 nitrogen and oxygen atoms in total. The van der Waals surface area contributed by atoms with Crippen LogP contribution >= 0.6 is 0 Å². The van der Waals surface area contributed by atoms with Crippen molar-refractivity contribution in [1.29, 1.82) is 0 Å². The number of nitrogens with zero attached hydrogens (tertiary/aromatic N) is 12. The van der Waals surface area contributed by atoms with Gasteiger partial charge in [-0.3, -0.25) is 4.57 Å². The number of H-pyrrole nitrogens is 2. The van der Waals surface area contributed by atoms with Crippen LogP contribution in [0.3, 0.4) is 0 Å². The molecule has 0 unspecified atom stereocenters. The molecule has 0 amide bonds. The first-order chi connectivity index (χ1) is 26.0. The lowest BCUT2D eigenvalue weighted by molar-refractivity contribution is -0.0384. The van der Waals surface area contributed by atoms with Crippen molar-refractivity contribution in [3.8, 4) is 0 Å². The fourth-order valence-electron chi connectivity index (χ4n) is 6.66. The first-order valence-corrected chi connectivity index (χ1v) is 17.8. The number of aryl methyl sites for hydroxylation is 1. The summed E-state index contributed by atoms with van der Waals surface area (Å²) in [7, 11) is 0. The third-order valence-corrected chi connectivity index (χ3v) is 9.48. The Balaban J connectivity index is 0.949. The molecule has 8 N–H and O–H groups in total. The number of aliphatic hydroxyl groups excluding tert-OH is 2. The molecule has 1 aliphatic carbocycles. The van der Waals surface area contributed by atoms with Crippen molar-refractivity contribution in [3.63, 3.8) is 0 Å². The van der Waals surface area contributed by atoms with E-state index in [1.54, 1.807) is 35.9 Å². The summed E-state index contributed by atoms with van der Waals surface area (Å²) in [6.07, 6.45) is 10.7. The maximum atomic E-state index is 11.1. The summed E-state index contributed by atoms with van der Waals surface area (Å²) in [5.41, 5.74) is 2.97. The lowest BCUT2D eigenvalue weighted by Crippen LogP contribution is -2.33. The van der Waals surface area contributed by atoms with Crippen molar-refractivity contribution in [2.45, 2.75) is 88.6 Å². The molecule has 278 valence electrons. The number of hydrogen-bond acceptors (Lipinski definition) is 17. The largest absolute Gasteiger partial charge is 0.387 e. The normalized spacial score (nSPS) is 23.0. The van der Waals surface area contributed by atoms with Crippen molar-refractivity contribution < 1.29 is 14.9 Å². The Bertz CT molecular complexity index is 2060. The van der Waals surface area contributed by atoms with Gasteiger partial charge < -0.3 is 46.2 Å². The van der Waals surface area contributed by atoms with Crippen LogP contribution in [0.1, 0.15) is 62.2 Å². The molecule has 6 aromatic rings. The minimum atomic E-state index is -1.30. The van der Waals surface area contributed by atoms with Crippen LogP contribution in [-0.2, 0) is 24.1 Å². The van der Waals surface area contributed by atoms with Gasteiger partial charge in [0.2, 0.25) is 17.7 Å². The summed E-state index contributed by atoms with van der Waals surface area (Å²) < 4.78 is 7.77. The molecule has 1 aliphatic heterocycles. The average Bonchev–Trinajstić information content (AvgIpc) is 4.03. The molecule has 21 heteroatoms. The summed E-state index contributed by atoms with van der Waals surface area (Å²) in [5, 5.41) is 48.2. The minimum absolute atomic E-state index is 0.131. The molecule has 0 radical (unpaired) electrons. The number of aliphatic hydroxyl groups is 2. The summed E-state index contributed by atoms with van der Waals surface area (Å²) in [6.45, 7) is 3.62. The molecule has 1 saturated carbocycles. The lowest BCUT2D eigenvalue weighted by atomic mass is 9.91. The highest BCUT2D eigenvalue weighted by molar-refractivity contribution is 5.84. The van der Waals surface area contributed by atoms with E-state index >= 15 is 0 Å². The van der Waals surface area contributed by atoms with E-state index in [2.05, 4.69) is 71.6 Å². The fourth-order valence-corrected chi connectivity index (χ4v) is 6.66. The van der Waals surface area contributed by atoms with Gasteiger partial charge in [-0.25, -0.2) is 19.9 Å². The molecular weight excluding hydrogens is 684 g/mol. The van der Waals surface area contributed by atoms with Gasteiger partial charge in [-0.05, 0) is 43.9 Å². The molecule has 7 heterocycles. The summed E-state index contributed by atoms with van der Waals surface area (Å²) in [5.74, 6) is 2.49. The average molecular weight is 727 g/mol. The van der Waals surface area contributed by atoms with Crippen LogP contribution in [0.25, 0.3) is 11.2 Å². The Kier molecular flexibility index (Phi) is 9.99. The van der Waals surface area contributed by atoms with Crippen LogP contribution < -0.4 is 21.3 Å². The highest BCUT2D eigenvalue weighted by Crippen LogP contribution is 2.39. The molecule has 6 aromatic heterocycles. The van der Waals surface area contributed by atoms with Gasteiger partial charge in [0.1, 0.15) is 18.0 Å². The monoisotopic (exact) mass is 726 g/mol. The van der Waals surface area contributed by atoms with Gasteiger partial charge in [0.15, 0.2) is 29.3 Å². The van der Waals surface area contributed by atoms with E-state index < -0.39 is 24.5 Å². The maximum Gasteiger partial charge on any atom is 0.226 e. The fraction of sp³-hybridized carbons (Fsp3) is 0.500. The Hall–Kier alpha value is -5.80. The minimum Gasteiger partial charge on any atom is -0.387 e. The molecule has 1 saturated heterocycles. The van der Waals surface area contributed by atoms with Crippen molar-refractivity contribution in [1.82, 2.24) is 69.6 Å². The topological polar surface area (TPSA) is 268 Å². The summed E-state index contributed by atoms with van der Waals surface area (Å²) in [4.78, 5) is 39.0. The molecule has 0 bridgehead atoms. The second-order valence-corrected chi connectivity index (χ2v) is 13.1. The van der Waals surface area contributed by atoms with Crippen LogP contribution in [0, 0.1) is 0 Å². The molecule has 2 aliphatic rings. The zero-order chi connectivity index (χ0) is 36.1. The molecular formula is C32H42N18O3. The number of hydrogen-bond donors (Lipinski definition) is 8. The first kappa shape index (κ1) is 34.3. The van der Waals surface area contributed by atoms with E-state index in [4.69, 9.17) is 14.7 Å². The van der Waals surface area contributed by atoms with Crippen LogP contribution in [0.2, 0.25) is 0 Å². The summed E-state index contributed by atoms with van der Waals surface area (Å²) in [6, 6.07) is 2.27. The van der Waals surface area contributed by atoms with E-state index in [0.717, 1.165) is 49.3 Å². The predicted molar refractivity (Wildman–Crippen MR) is 191 cm³/mol. The number of nitrogens with one attached hydrogen (secondary N) is 6. The van der Waals surface area contributed by atoms with E-state index in [1.807, 2.05) is 19.2 Å². The van der Waals surface area contributed by atoms with Gasteiger partial charge in [-0.2, -0.15) is 19.7 Å². The number of ether oxygens (including phenoxy) is 1.